The summed E-state index contributed by atoms with van der Waals surface area (Å²) in [6.45, 7) is 2.36. The SMILES string of the molecule is Cc1ccc(Cn2c(-c3cccc(NS(C)(=O)=O)c3)nc3cc(C(F)(F)F)ccc32)cc1. The normalized spacial score (nSPS) is 12.3. The summed E-state index contributed by atoms with van der Waals surface area (Å²) in [4.78, 5) is 4.49. The Kier molecular flexibility index (Phi) is 5.46. The molecule has 166 valence electrons. The minimum Gasteiger partial charge on any atom is -0.319 e. The number of aryl methyl sites for hydroxylation is 1. The van der Waals surface area contributed by atoms with E-state index in [0.29, 0.717) is 29.1 Å². The Morgan fingerprint density at radius 3 is 2.38 bits per heavy atom. The summed E-state index contributed by atoms with van der Waals surface area (Å²) in [5, 5.41) is 0. The minimum absolute atomic E-state index is 0.211. The molecule has 0 atom stereocenters. The number of imidazole rings is 1. The molecule has 32 heavy (non-hydrogen) atoms. The maximum atomic E-state index is 13.2. The highest BCUT2D eigenvalue weighted by atomic mass is 32.2. The fourth-order valence-corrected chi connectivity index (χ4v) is 4.05. The average molecular weight is 459 g/mol. The van der Waals surface area contributed by atoms with Gasteiger partial charge in [0.25, 0.3) is 0 Å². The van der Waals surface area contributed by atoms with Crippen LogP contribution in [0.4, 0.5) is 18.9 Å². The van der Waals surface area contributed by atoms with Crippen molar-refractivity contribution in [2.75, 3.05) is 11.0 Å². The average Bonchev–Trinajstić information content (AvgIpc) is 3.06. The van der Waals surface area contributed by atoms with Crippen molar-refractivity contribution in [3.63, 3.8) is 0 Å². The molecule has 0 bridgehead atoms. The summed E-state index contributed by atoms with van der Waals surface area (Å²) in [7, 11) is -3.49. The summed E-state index contributed by atoms with van der Waals surface area (Å²) in [6, 6.07) is 17.9. The molecular formula is C23H20F3N3O2S. The van der Waals surface area contributed by atoms with E-state index >= 15 is 0 Å². The van der Waals surface area contributed by atoms with Crippen LogP contribution in [-0.4, -0.2) is 24.2 Å². The van der Waals surface area contributed by atoms with Crippen LogP contribution in [0, 0.1) is 6.92 Å². The van der Waals surface area contributed by atoms with Crippen molar-refractivity contribution in [1.82, 2.24) is 9.55 Å². The van der Waals surface area contributed by atoms with Crippen LogP contribution >= 0.6 is 0 Å². The van der Waals surface area contributed by atoms with Gasteiger partial charge >= 0.3 is 6.18 Å². The number of nitrogens with one attached hydrogen (secondary N) is 1. The lowest BCUT2D eigenvalue weighted by Crippen LogP contribution is -2.09. The highest BCUT2D eigenvalue weighted by Crippen LogP contribution is 2.34. The third kappa shape index (κ3) is 4.77. The predicted molar refractivity (Wildman–Crippen MR) is 119 cm³/mol. The Hall–Kier alpha value is -3.33. The minimum atomic E-state index is -4.48. The van der Waals surface area contributed by atoms with Crippen molar-refractivity contribution >= 4 is 26.7 Å². The van der Waals surface area contributed by atoms with Crippen LogP contribution in [-0.2, 0) is 22.7 Å². The molecule has 3 aromatic carbocycles. The maximum Gasteiger partial charge on any atom is 0.416 e. The predicted octanol–water partition coefficient (Wildman–Crippen LogP) is 5.45. The quantitative estimate of drug-likeness (QED) is 0.432. The Balaban J connectivity index is 1.88. The number of alkyl halides is 3. The van der Waals surface area contributed by atoms with Crippen LogP contribution in [0.5, 0.6) is 0 Å². The van der Waals surface area contributed by atoms with Crippen LogP contribution < -0.4 is 4.72 Å². The number of nitrogens with zero attached hydrogens (tertiary/aromatic N) is 2. The van der Waals surface area contributed by atoms with Crippen molar-refractivity contribution in [3.05, 3.63) is 83.4 Å². The molecule has 9 heteroatoms. The molecule has 0 spiro atoms. The second kappa shape index (κ2) is 7.98. The standard InChI is InChI=1S/C23H20F3N3O2S/c1-15-6-8-16(9-7-15)14-29-21-11-10-18(23(24,25)26)13-20(21)27-22(29)17-4-3-5-19(12-17)28-32(2,30)31/h3-13,28H,14H2,1-2H3. The molecule has 0 aliphatic rings. The Morgan fingerprint density at radius 2 is 1.72 bits per heavy atom. The summed E-state index contributed by atoms with van der Waals surface area (Å²) >= 11 is 0. The van der Waals surface area contributed by atoms with Gasteiger partial charge in [0.1, 0.15) is 5.82 Å². The van der Waals surface area contributed by atoms with Gasteiger partial charge in [-0.25, -0.2) is 13.4 Å². The van der Waals surface area contributed by atoms with Crippen molar-refractivity contribution in [2.24, 2.45) is 0 Å². The molecule has 1 N–H and O–H groups in total. The molecule has 0 radical (unpaired) electrons. The van der Waals surface area contributed by atoms with Gasteiger partial charge in [0.2, 0.25) is 10.0 Å². The highest BCUT2D eigenvalue weighted by Gasteiger charge is 2.31. The number of halogens is 3. The summed E-state index contributed by atoms with van der Waals surface area (Å²) in [5.41, 5.74) is 2.97. The molecule has 0 fully saturated rings. The zero-order valence-corrected chi connectivity index (χ0v) is 18.1. The maximum absolute atomic E-state index is 13.2. The number of aromatic nitrogens is 2. The smallest absolute Gasteiger partial charge is 0.319 e. The van der Waals surface area contributed by atoms with Gasteiger partial charge in [0, 0.05) is 17.8 Å². The first-order valence-corrected chi connectivity index (χ1v) is 11.6. The molecule has 1 heterocycles. The number of rotatable bonds is 5. The second-order valence-corrected chi connectivity index (χ2v) is 9.41. The van der Waals surface area contributed by atoms with E-state index in [9.17, 15) is 21.6 Å². The van der Waals surface area contributed by atoms with E-state index in [1.807, 2.05) is 35.8 Å². The summed E-state index contributed by atoms with van der Waals surface area (Å²) < 4.78 is 67.2. The van der Waals surface area contributed by atoms with E-state index in [-0.39, 0.29) is 5.52 Å². The highest BCUT2D eigenvalue weighted by molar-refractivity contribution is 7.92. The van der Waals surface area contributed by atoms with E-state index in [1.54, 1.807) is 24.3 Å². The van der Waals surface area contributed by atoms with Crippen molar-refractivity contribution in [2.45, 2.75) is 19.6 Å². The van der Waals surface area contributed by atoms with Crippen LogP contribution in [0.25, 0.3) is 22.4 Å². The lowest BCUT2D eigenvalue weighted by atomic mass is 10.1. The topological polar surface area (TPSA) is 64.0 Å². The number of sulfonamides is 1. The first-order chi connectivity index (χ1) is 15.0. The van der Waals surface area contributed by atoms with Crippen LogP contribution in [0.15, 0.2) is 66.7 Å². The number of benzene rings is 3. The molecule has 0 aliphatic heterocycles. The van der Waals surface area contributed by atoms with Gasteiger partial charge in [-0.05, 0) is 42.8 Å². The molecule has 4 rings (SSSR count). The Labute approximate surface area is 183 Å². The van der Waals surface area contributed by atoms with Gasteiger partial charge in [-0.2, -0.15) is 13.2 Å². The van der Waals surface area contributed by atoms with Gasteiger partial charge < -0.3 is 4.57 Å². The van der Waals surface area contributed by atoms with Crippen LogP contribution in [0.1, 0.15) is 16.7 Å². The zero-order valence-electron chi connectivity index (χ0n) is 17.3. The first-order valence-electron chi connectivity index (χ1n) is 9.71. The van der Waals surface area contributed by atoms with Crippen molar-refractivity contribution in [1.29, 1.82) is 0 Å². The fraction of sp³-hybridized carbons (Fsp3) is 0.174. The van der Waals surface area contributed by atoms with E-state index < -0.39 is 21.8 Å². The molecule has 0 aliphatic carbocycles. The molecule has 1 aromatic heterocycles. The number of anilines is 1. The number of hydrogen-bond acceptors (Lipinski definition) is 3. The monoisotopic (exact) mass is 459 g/mol. The summed E-state index contributed by atoms with van der Waals surface area (Å²) in [5.74, 6) is 0.442. The second-order valence-electron chi connectivity index (χ2n) is 7.66. The van der Waals surface area contributed by atoms with Crippen molar-refractivity contribution in [3.8, 4) is 11.4 Å². The van der Waals surface area contributed by atoms with Gasteiger partial charge in [0.05, 0.1) is 22.9 Å². The van der Waals surface area contributed by atoms with Crippen molar-refractivity contribution < 1.29 is 21.6 Å². The number of fused-ring (bicyclic) bond motifs is 1. The largest absolute Gasteiger partial charge is 0.416 e. The molecule has 4 aromatic rings. The number of hydrogen-bond donors (Lipinski definition) is 1. The lowest BCUT2D eigenvalue weighted by Gasteiger charge is -2.12. The van der Waals surface area contributed by atoms with E-state index in [1.165, 1.54) is 6.07 Å². The van der Waals surface area contributed by atoms with Gasteiger partial charge in [-0.3, -0.25) is 4.72 Å². The first kappa shape index (κ1) is 21.9. The van der Waals surface area contributed by atoms with E-state index in [0.717, 1.165) is 29.5 Å². The fourth-order valence-electron chi connectivity index (χ4n) is 3.50. The molecule has 5 nitrogen and oxygen atoms in total. The zero-order chi connectivity index (χ0) is 23.1. The Bertz CT molecular complexity index is 1390. The molecule has 0 unspecified atom stereocenters. The third-order valence-corrected chi connectivity index (χ3v) is 5.57. The third-order valence-electron chi connectivity index (χ3n) is 4.96. The van der Waals surface area contributed by atoms with E-state index in [2.05, 4.69) is 9.71 Å². The van der Waals surface area contributed by atoms with Crippen LogP contribution in [0.3, 0.4) is 0 Å². The lowest BCUT2D eigenvalue weighted by molar-refractivity contribution is -0.137. The van der Waals surface area contributed by atoms with Gasteiger partial charge in [-0.15, -0.1) is 0 Å². The molecule has 0 saturated heterocycles. The van der Waals surface area contributed by atoms with Crippen LogP contribution in [0.2, 0.25) is 0 Å². The molecular weight excluding hydrogens is 439 g/mol. The molecule has 0 amide bonds. The van der Waals surface area contributed by atoms with Gasteiger partial charge in [-0.1, -0.05) is 42.0 Å². The van der Waals surface area contributed by atoms with E-state index in [4.69, 9.17) is 0 Å². The van der Waals surface area contributed by atoms with Gasteiger partial charge in [0.15, 0.2) is 0 Å². The molecule has 0 saturated carbocycles. The Morgan fingerprint density at radius 1 is 1.00 bits per heavy atom. The summed E-state index contributed by atoms with van der Waals surface area (Å²) in [6.07, 6.45) is -3.43.